The van der Waals surface area contributed by atoms with Crippen molar-refractivity contribution < 1.29 is 9.53 Å². The molecule has 0 saturated carbocycles. The smallest absolute Gasteiger partial charge is 0.272 e. The van der Waals surface area contributed by atoms with E-state index in [0.29, 0.717) is 36.5 Å². The predicted molar refractivity (Wildman–Crippen MR) is 131 cm³/mol. The Morgan fingerprint density at radius 1 is 1.00 bits per heavy atom. The molecule has 3 aromatic heterocycles. The van der Waals surface area contributed by atoms with Gasteiger partial charge in [0.1, 0.15) is 17.0 Å². The summed E-state index contributed by atoms with van der Waals surface area (Å²) in [6.45, 7) is 4.77. The lowest BCUT2D eigenvalue weighted by Crippen LogP contribution is -2.39. The number of amides is 1. The monoisotopic (exact) mass is 454 g/mol. The van der Waals surface area contributed by atoms with Gasteiger partial charge in [0, 0.05) is 54.6 Å². The van der Waals surface area contributed by atoms with Gasteiger partial charge in [-0.05, 0) is 61.4 Å². The van der Waals surface area contributed by atoms with Crippen LogP contribution in [-0.2, 0) is 20.0 Å². The summed E-state index contributed by atoms with van der Waals surface area (Å²) >= 11 is 0. The number of benzene rings is 1. The van der Waals surface area contributed by atoms with Crippen LogP contribution in [0.15, 0.2) is 53.3 Å². The van der Waals surface area contributed by atoms with E-state index in [-0.39, 0.29) is 11.5 Å². The molecule has 1 aliphatic rings. The summed E-state index contributed by atoms with van der Waals surface area (Å²) in [6, 6.07) is 15.1. The van der Waals surface area contributed by atoms with Gasteiger partial charge in [0.2, 0.25) is 0 Å². The van der Waals surface area contributed by atoms with Crippen molar-refractivity contribution in [3.8, 4) is 16.9 Å². The van der Waals surface area contributed by atoms with Crippen LogP contribution in [0.25, 0.3) is 22.0 Å². The molecule has 0 atom stereocenters. The molecule has 0 bridgehead atoms. The first-order chi connectivity index (χ1) is 16.4. The molecule has 0 aliphatic carbocycles. The fourth-order valence-electron chi connectivity index (χ4n) is 4.71. The van der Waals surface area contributed by atoms with Gasteiger partial charge in [-0.3, -0.25) is 9.59 Å². The zero-order valence-corrected chi connectivity index (χ0v) is 19.8. The van der Waals surface area contributed by atoms with Crippen LogP contribution in [0.2, 0.25) is 0 Å². The Balaban J connectivity index is 1.60. The van der Waals surface area contributed by atoms with Gasteiger partial charge < -0.3 is 14.2 Å². The average molecular weight is 455 g/mol. The third-order valence-electron chi connectivity index (χ3n) is 6.47. The highest BCUT2D eigenvalue weighted by molar-refractivity contribution is 5.98. The molecule has 1 aromatic carbocycles. The topological polar surface area (TPSA) is 77.3 Å². The molecule has 0 saturated heterocycles. The third kappa shape index (κ3) is 3.63. The highest BCUT2D eigenvalue weighted by Gasteiger charge is 2.26. The quantitative estimate of drug-likeness (QED) is 0.470. The van der Waals surface area contributed by atoms with Gasteiger partial charge in [0.15, 0.2) is 0 Å². The van der Waals surface area contributed by atoms with Crippen molar-refractivity contribution in [3.63, 3.8) is 0 Å². The van der Waals surface area contributed by atoms with E-state index in [1.807, 2.05) is 56.3 Å². The van der Waals surface area contributed by atoms with Gasteiger partial charge in [-0.2, -0.15) is 0 Å². The summed E-state index contributed by atoms with van der Waals surface area (Å²) in [5.41, 5.74) is 6.10. The zero-order chi connectivity index (χ0) is 24.0. The van der Waals surface area contributed by atoms with Crippen LogP contribution >= 0.6 is 0 Å². The second-order valence-electron chi connectivity index (χ2n) is 8.70. The number of carbonyl (C=O) groups excluding carboxylic acids is 1. The molecule has 0 radical (unpaired) electrons. The Kier molecular flexibility index (Phi) is 5.40. The van der Waals surface area contributed by atoms with Crippen molar-refractivity contribution >= 4 is 16.8 Å². The number of carbonyl (C=O) groups is 1. The maximum absolute atomic E-state index is 13.4. The zero-order valence-electron chi connectivity index (χ0n) is 19.8. The lowest BCUT2D eigenvalue weighted by atomic mass is 9.96. The van der Waals surface area contributed by atoms with Gasteiger partial charge in [0.25, 0.3) is 11.5 Å². The van der Waals surface area contributed by atoms with Gasteiger partial charge in [-0.15, -0.1) is 0 Å². The van der Waals surface area contributed by atoms with E-state index in [2.05, 4.69) is 9.97 Å². The second-order valence-corrected chi connectivity index (χ2v) is 8.70. The minimum Gasteiger partial charge on any atom is -0.494 e. The molecule has 0 N–H and O–H groups in total. The average Bonchev–Trinajstić information content (AvgIpc) is 2.84. The molecule has 7 nitrogen and oxygen atoms in total. The van der Waals surface area contributed by atoms with Crippen molar-refractivity contribution in [2.75, 3.05) is 13.7 Å². The van der Waals surface area contributed by atoms with Crippen LogP contribution in [0.5, 0.6) is 5.75 Å². The maximum atomic E-state index is 13.4. The van der Waals surface area contributed by atoms with E-state index in [4.69, 9.17) is 4.74 Å². The van der Waals surface area contributed by atoms with Crippen LogP contribution in [0.1, 0.15) is 33.1 Å². The van der Waals surface area contributed by atoms with Crippen LogP contribution in [0.4, 0.5) is 0 Å². The maximum Gasteiger partial charge on any atom is 0.272 e. The van der Waals surface area contributed by atoms with Crippen LogP contribution < -0.4 is 10.3 Å². The number of fused-ring (bicyclic) bond motifs is 2. The van der Waals surface area contributed by atoms with Gasteiger partial charge in [0.05, 0.1) is 7.11 Å². The van der Waals surface area contributed by atoms with Crippen LogP contribution in [-0.4, -0.2) is 39.0 Å². The van der Waals surface area contributed by atoms with Crippen molar-refractivity contribution in [1.29, 1.82) is 0 Å². The van der Waals surface area contributed by atoms with Crippen molar-refractivity contribution in [3.05, 3.63) is 87.2 Å². The first-order valence-corrected chi connectivity index (χ1v) is 11.3. The number of pyridine rings is 3. The summed E-state index contributed by atoms with van der Waals surface area (Å²) in [5, 5.41) is 0.856. The Labute approximate surface area is 197 Å². The lowest BCUT2D eigenvalue weighted by Gasteiger charge is -2.30. The van der Waals surface area contributed by atoms with Crippen LogP contribution in [0.3, 0.4) is 0 Å². The first-order valence-electron chi connectivity index (χ1n) is 11.3. The largest absolute Gasteiger partial charge is 0.494 e. The standard InChI is InChI=1S/C27H26N4O3/c1-16-6-5-7-22(28-16)27(33)31-13-12-23-18(15-31)14-21(26(32)30(23)3)19-10-11-24(34-4)25-20(19)9-8-17(2)29-25/h5-11,14H,12-13,15H2,1-4H3. The number of methoxy groups -OCH3 is 1. The second kappa shape index (κ2) is 8.41. The number of hydrogen-bond donors (Lipinski definition) is 0. The SMILES string of the molecule is COc1ccc(-c2cc3c(n(C)c2=O)CCN(C(=O)c2cccc(C)n2)C3)c2ccc(C)nc12. The number of aromatic nitrogens is 3. The molecular weight excluding hydrogens is 428 g/mol. The molecule has 0 spiro atoms. The molecular formula is C27H26N4O3. The predicted octanol–water partition coefficient (Wildman–Crippen LogP) is 3.82. The Hall–Kier alpha value is -4.00. The van der Waals surface area contributed by atoms with Gasteiger partial charge in [-0.1, -0.05) is 12.1 Å². The minimum atomic E-state index is -0.0978. The number of hydrogen-bond acceptors (Lipinski definition) is 5. The molecule has 1 amide bonds. The normalized spacial score (nSPS) is 13.1. The Bertz CT molecular complexity index is 1510. The fraction of sp³-hybridized carbons (Fsp3) is 0.259. The van der Waals surface area contributed by atoms with E-state index in [1.54, 1.807) is 29.7 Å². The van der Waals surface area contributed by atoms with E-state index >= 15 is 0 Å². The number of nitrogens with zero attached hydrogens (tertiary/aromatic N) is 4. The minimum absolute atomic E-state index is 0.0640. The van der Waals surface area contributed by atoms with Gasteiger partial charge in [-0.25, -0.2) is 9.97 Å². The highest BCUT2D eigenvalue weighted by atomic mass is 16.5. The fourth-order valence-corrected chi connectivity index (χ4v) is 4.71. The molecule has 1 aliphatic heterocycles. The summed E-state index contributed by atoms with van der Waals surface area (Å²) < 4.78 is 7.23. The highest BCUT2D eigenvalue weighted by Crippen LogP contribution is 2.33. The molecule has 7 heteroatoms. The molecule has 4 aromatic rings. The van der Waals surface area contributed by atoms with Crippen molar-refractivity contribution in [1.82, 2.24) is 19.4 Å². The van der Waals surface area contributed by atoms with E-state index < -0.39 is 0 Å². The van der Waals surface area contributed by atoms with Crippen molar-refractivity contribution in [2.24, 2.45) is 7.05 Å². The molecule has 5 rings (SSSR count). The summed E-state index contributed by atoms with van der Waals surface area (Å²) in [7, 11) is 3.42. The van der Waals surface area contributed by atoms with Crippen molar-refractivity contribution in [2.45, 2.75) is 26.8 Å². The summed E-state index contributed by atoms with van der Waals surface area (Å²) in [4.78, 5) is 37.4. The van der Waals surface area contributed by atoms with Crippen LogP contribution in [0, 0.1) is 13.8 Å². The summed E-state index contributed by atoms with van der Waals surface area (Å²) in [6.07, 6.45) is 0.614. The first kappa shape index (κ1) is 21.8. The van der Waals surface area contributed by atoms with Gasteiger partial charge >= 0.3 is 0 Å². The number of aryl methyl sites for hydroxylation is 2. The lowest BCUT2D eigenvalue weighted by molar-refractivity contribution is 0.0726. The third-order valence-corrected chi connectivity index (χ3v) is 6.47. The van der Waals surface area contributed by atoms with E-state index in [1.165, 1.54) is 0 Å². The van der Waals surface area contributed by atoms with E-state index in [0.717, 1.165) is 39.1 Å². The number of ether oxygens (including phenoxy) is 1. The Morgan fingerprint density at radius 2 is 1.79 bits per heavy atom. The molecule has 4 heterocycles. The Morgan fingerprint density at radius 3 is 2.56 bits per heavy atom. The van der Waals surface area contributed by atoms with E-state index in [9.17, 15) is 9.59 Å². The summed E-state index contributed by atoms with van der Waals surface area (Å²) in [5.74, 6) is 0.569. The molecule has 34 heavy (non-hydrogen) atoms. The molecule has 0 fully saturated rings. The number of rotatable bonds is 3. The molecule has 172 valence electrons. The molecule has 0 unspecified atom stereocenters.